The predicted molar refractivity (Wildman–Crippen MR) is 87.3 cm³/mol. The van der Waals surface area contributed by atoms with Crippen molar-refractivity contribution in [2.75, 3.05) is 13.2 Å². The van der Waals surface area contributed by atoms with Crippen LogP contribution < -0.4 is 9.47 Å². The van der Waals surface area contributed by atoms with Gasteiger partial charge in [-0.3, -0.25) is 0 Å². The molecule has 0 fully saturated rings. The molecule has 0 spiro atoms. The van der Waals surface area contributed by atoms with Crippen molar-refractivity contribution < 1.29 is 9.47 Å². The van der Waals surface area contributed by atoms with Gasteiger partial charge in [-0.05, 0) is 54.7 Å². The first-order valence-electron chi connectivity index (χ1n) is 7.75. The van der Waals surface area contributed by atoms with Crippen molar-refractivity contribution in [3.8, 4) is 11.5 Å². The summed E-state index contributed by atoms with van der Waals surface area (Å²) in [6.45, 7) is 5.78. The highest BCUT2D eigenvalue weighted by Gasteiger charge is 1.99. The third-order valence-electron chi connectivity index (χ3n) is 3.20. The van der Waals surface area contributed by atoms with E-state index in [-0.39, 0.29) is 0 Å². The molecule has 0 aromatic heterocycles. The molecular weight excluding hydrogens is 260 g/mol. The largest absolute Gasteiger partial charge is 0.494 e. The molecule has 0 N–H and O–H groups in total. The van der Waals surface area contributed by atoms with Crippen LogP contribution in [0.5, 0.6) is 11.5 Å². The Morgan fingerprint density at radius 1 is 0.619 bits per heavy atom. The molecule has 2 aromatic rings. The van der Waals surface area contributed by atoms with Crippen LogP contribution in [0.4, 0.5) is 0 Å². The number of ether oxygens (including phenoxy) is 2. The SMILES string of the molecule is CCCOc1ccc(Cc2ccc(OCCC)cc2)cc1. The smallest absolute Gasteiger partial charge is 0.119 e. The summed E-state index contributed by atoms with van der Waals surface area (Å²) in [5.74, 6) is 1.90. The summed E-state index contributed by atoms with van der Waals surface area (Å²) in [6, 6.07) is 16.7. The second kappa shape index (κ2) is 8.35. The lowest BCUT2D eigenvalue weighted by atomic mass is 10.0. The van der Waals surface area contributed by atoms with Crippen molar-refractivity contribution in [3.05, 3.63) is 59.7 Å². The van der Waals surface area contributed by atoms with Gasteiger partial charge in [-0.1, -0.05) is 38.1 Å². The Bertz CT molecular complexity index is 465. The Balaban J connectivity index is 1.91. The minimum Gasteiger partial charge on any atom is -0.494 e. The van der Waals surface area contributed by atoms with Crippen LogP contribution in [0.1, 0.15) is 37.8 Å². The van der Waals surface area contributed by atoms with Gasteiger partial charge in [-0.2, -0.15) is 0 Å². The normalized spacial score (nSPS) is 10.4. The Morgan fingerprint density at radius 3 is 1.33 bits per heavy atom. The zero-order valence-corrected chi connectivity index (χ0v) is 13.0. The first kappa shape index (κ1) is 15.4. The van der Waals surface area contributed by atoms with Gasteiger partial charge in [-0.15, -0.1) is 0 Å². The summed E-state index contributed by atoms with van der Waals surface area (Å²) in [6.07, 6.45) is 3.00. The zero-order valence-electron chi connectivity index (χ0n) is 13.0. The summed E-state index contributed by atoms with van der Waals surface area (Å²) in [5, 5.41) is 0. The molecular formula is C19H24O2. The van der Waals surface area contributed by atoms with Crippen LogP contribution in [0, 0.1) is 0 Å². The number of hydrogen-bond donors (Lipinski definition) is 0. The van der Waals surface area contributed by atoms with Gasteiger partial charge in [0, 0.05) is 0 Å². The van der Waals surface area contributed by atoms with Crippen molar-refractivity contribution in [2.24, 2.45) is 0 Å². The van der Waals surface area contributed by atoms with Crippen LogP contribution in [0.2, 0.25) is 0 Å². The standard InChI is InChI=1S/C19H24O2/c1-3-13-20-18-9-5-16(6-10-18)15-17-7-11-19(12-8-17)21-14-4-2/h5-12H,3-4,13-15H2,1-2H3. The summed E-state index contributed by atoms with van der Waals surface area (Å²) in [7, 11) is 0. The molecule has 0 aliphatic rings. The van der Waals surface area contributed by atoms with E-state index in [0.29, 0.717) is 0 Å². The molecule has 21 heavy (non-hydrogen) atoms. The van der Waals surface area contributed by atoms with Crippen LogP contribution in [0.15, 0.2) is 48.5 Å². The minimum atomic E-state index is 0.776. The van der Waals surface area contributed by atoms with E-state index >= 15 is 0 Å². The molecule has 0 aliphatic carbocycles. The van der Waals surface area contributed by atoms with Crippen LogP contribution >= 0.6 is 0 Å². The van der Waals surface area contributed by atoms with Crippen molar-refractivity contribution in [3.63, 3.8) is 0 Å². The zero-order chi connectivity index (χ0) is 14.9. The molecule has 0 unspecified atom stereocenters. The van der Waals surface area contributed by atoms with E-state index in [0.717, 1.165) is 44.0 Å². The van der Waals surface area contributed by atoms with E-state index in [1.807, 2.05) is 24.3 Å². The van der Waals surface area contributed by atoms with Crippen LogP contribution in [0.3, 0.4) is 0 Å². The maximum absolute atomic E-state index is 5.60. The maximum atomic E-state index is 5.60. The van der Waals surface area contributed by atoms with Crippen molar-refractivity contribution in [2.45, 2.75) is 33.1 Å². The fraction of sp³-hybridized carbons (Fsp3) is 0.368. The van der Waals surface area contributed by atoms with Crippen LogP contribution in [-0.2, 0) is 6.42 Å². The Kier molecular flexibility index (Phi) is 6.14. The second-order valence-corrected chi connectivity index (χ2v) is 5.16. The van der Waals surface area contributed by atoms with E-state index in [1.54, 1.807) is 0 Å². The molecule has 0 aliphatic heterocycles. The van der Waals surface area contributed by atoms with Crippen molar-refractivity contribution >= 4 is 0 Å². The van der Waals surface area contributed by atoms with Crippen LogP contribution in [-0.4, -0.2) is 13.2 Å². The van der Waals surface area contributed by atoms with Gasteiger partial charge in [-0.25, -0.2) is 0 Å². The summed E-state index contributed by atoms with van der Waals surface area (Å²) in [4.78, 5) is 0. The topological polar surface area (TPSA) is 18.5 Å². The average Bonchev–Trinajstić information content (AvgIpc) is 2.53. The molecule has 0 saturated carbocycles. The van der Waals surface area contributed by atoms with E-state index in [1.165, 1.54) is 11.1 Å². The molecule has 112 valence electrons. The number of benzene rings is 2. The second-order valence-electron chi connectivity index (χ2n) is 5.16. The molecule has 2 aromatic carbocycles. The Hall–Kier alpha value is -1.96. The van der Waals surface area contributed by atoms with E-state index in [9.17, 15) is 0 Å². The fourth-order valence-electron chi connectivity index (χ4n) is 2.08. The van der Waals surface area contributed by atoms with Gasteiger partial charge in [0.2, 0.25) is 0 Å². The number of rotatable bonds is 8. The highest BCUT2D eigenvalue weighted by Crippen LogP contribution is 2.18. The number of hydrogen-bond acceptors (Lipinski definition) is 2. The molecule has 2 heteroatoms. The molecule has 0 bridgehead atoms. The summed E-state index contributed by atoms with van der Waals surface area (Å²) < 4.78 is 11.2. The van der Waals surface area contributed by atoms with Gasteiger partial charge in [0.15, 0.2) is 0 Å². The van der Waals surface area contributed by atoms with Crippen LogP contribution in [0.25, 0.3) is 0 Å². The maximum Gasteiger partial charge on any atom is 0.119 e. The average molecular weight is 284 g/mol. The highest BCUT2D eigenvalue weighted by atomic mass is 16.5. The van der Waals surface area contributed by atoms with Gasteiger partial charge in [0.05, 0.1) is 13.2 Å². The minimum absolute atomic E-state index is 0.776. The lowest BCUT2D eigenvalue weighted by molar-refractivity contribution is 0.317. The molecule has 2 rings (SSSR count). The van der Waals surface area contributed by atoms with E-state index in [2.05, 4.69) is 38.1 Å². The van der Waals surface area contributed by atoms with Gasteiger partial charge >= 0.3 is 0 Å². The lowest BCUT2D eigenvalue weighted by Gasteiger charge is -2.08. The van der Waals surface area contributed by atoms with Crippen molar-refractivity contribution in [1.29, 1.82) is 0 Å². The monoisotopic (exact) mass is 284 g/mol. The van der Waals surface area contributed by atoms with E-state index in [4.69, 9.17) is 9.47 Å². The van der Waals surface area contributed by atoms with Gasteiger partial charge < -0.3 is 9.47 Å². The third kappa shape index (κ3) is 5.14. The molecule has 0 heterocycles. The summed E-state index contributed by atoms with van der Waals surface area (Å²) >= 11 is 0. The van der Waals surface area contributed by atoms with Gasteiger partial charge in [0.25, 0.3) is 0 Å². The molecule has 0 saturated heterocycles. The molecule has 2 nitrogen and oxygen atoms in total. The highest BCUT2D eigenvalue weighted by molar-refractivity contribution is 5.34. The first-order valence-corrected chi connectivity index (χ1v) is 7.75. The van der Waals surface area contributed by atoms with Crippen molar-refractivity contribution in [1.82, 2.24) is 0 Å². The molecule has 0 radical (unpaired) electrons. The molecule has 0 atom stereocenters. The summed E-state index contributed by atoms with van der Waals surface area (Å²) in [5.41, 5.74) is 2.59. The third-order valence-corrected chi connectivity index (χ3v) is 3.20. The van der Waals surface area contributed by atoms with E-state index < -0.39 is 0 Å². The fourth-order valence-corrected chi connectivity index (χ4v) is 2.08. The molecule has 0 amide bonds. The van der Waals surface area contributed by atoms with Gasteiger partial charge in [0.1, 0.15) is 11.5 Å². The Labute approximate surface area is 127 Å². The predicted octanol–water partition coefficient (Wildman–Crippen LogP) is 4.86. The quantitative estimate of drug-likeness (QED) is 0.689. The first-order chi connectivity index (χ1) is 10.3. The lowest BCUT2D eigenvalue weighted by Crippen LogP contribution is -1.96. The Morgan fingerprint density at radius 2 is 1.00 bits per heavy atom.